The van der Waals surface area contributed by atoms with Gasteiger partial charge in [-0.25, -0.2) is 0 Å². The molecule has 5 nitrogen and oxygen atoms in total. The van der Waals surface area contributed by atoms with Crippen LogP contribution in [0.3, 0.4) is 0 Å². The zero-order chi connectivity index (χ0) is 18.6. The second kappa shape index (κ2) is 8.19. The number of benzene rings is 1. The number of carbonyl (C=O) groups excluding carboxylic acids is 1. The summed E-state index contributed by atoms with van der Waals surface area (Å²) in [5, 5.41) is 4.47. The van der Waals surface area contributed by atoms with Crippen LogP contribution in [0.25, 0.3) is 0 Å². The molecule has 0 saturated carbocycles. The van der Waals surface area contributed by atoms with E-state index in [1.807, 2.05) is 49.8 Å². The van der Waals surface area contributed by atoms with Gasteiger partial charge in [-0.3, -0.25) is 9.48 Å². The van der Waals surface area contributed by atoms with Crippen LogP contribution in [0.2, 0.25) is 0 Å². The number of nitrogens with zero attached hydrogens (tertiary/aromatic N) is 3. The summed E-state index contributed by atoms with van der Waals surface area (Å²) in [4.78, 5) is 14.8. The zero-order valence-corrected chi connectivity index (χ0v) is 16.1. The van der Waals surface area contributed by atoms with Gasteiger partial charge in [-0.05, 0) is 32.8 Å². The maximum Gasteiger partial charge on any atom is 0.257 e. The molecule has 136 valence electrons. The highest BCUT2D eigenvalue weighted by molar-refractivity contribution is 5.95. The van der Waals surface area contributed by atoms with Crippen LogP contribution in [0, 0.1) is 6.92 Å². The van der Waals surface area contributed by atoms with Gasteiger partial charge < -0.3 is 9.64 Å². The fourth-order valence-corrected chi connectivity index (χ4v) is 3.22. The lowest BCUT2D eigenvalue weighted by molar-refractivity contribution is 0.0740. The van der Waals surface area contributed by atoms with Crippen molar-refractivity contribution in [2.45, 2.75) is 52.6 Å². The zero-order valence-electron chi connectivity index (χ0n) is 16.1. The molecule has 1 heterocycles. The van der Waals surface area contributed by atoms with Crippen molar-refractivity contribution in [1.82, 2.24) is 14.7 Å². The first-order valence-electron chi connectivity index (χ1n) is 8.90. The molecular formula is C20H29N3O2. The van der Waals surface area contributed by atoms with Crippen LogP contribution in [0.4, 0.5) is 0 Å². The molecule has 0 radical (unpaired) electrons. The summed E-state index contributed by atoms with van der Waals surface area (Å²) in [6.45, 7) is 8.27. The highest BCUT2D eigenvalue weighted by Crippen LogP contribution is 2.29. The predicted octanol–water partition coefficient (Wildman–Crippen LogP) is 4.39. The van der Waals surface area contributed by atoms with Crippen LogP contribution in [-0.2, 0) is 0 Å². The third-order valence-corrected chi connectivity index (χ3v) is 5.05. The molecule has 0 N–H and O–H groups in total. The van der Waals surface area contributed by atoms with Crippen molar-refractivity contribution >= 4 is 5.91 Å². The largest absolute Gasteiger partial charge is 0.496 e. The average molecular weight is 343 g/mol. The van der Waals surface area contributed by atoms with Crippen LogP contribution in [0.5, 0.6) is 5.75 Å². The van der Waals surface area contributed by atoms with E-state index in [9.17, 15) is 4.79 Å². The summed E-state index contributed by atoms with van der Waals surface area (Å²) >= 11 is 0. The topological polar surface area (TPSA) is 47.4 Å². The van der Waals surface area contributed by atoms with Crippen molar-refractivity contribution in [1.29, 1.82) is 0 Å². The molecule has 25 heavy (non-hydrogen) atoms. The molecule has 0 bridgehead atoms. The quantitative estimate of drug-likeness (QED) is 0.749. The summed E-state index contributed by atoms with van der Waals surface area (Å²) in [7, 11) is 3.48. The lowest BCUT2D eigenvalue weighted by Gasteiger charge is -2.26. The number of para-hydroxylation sites is 1. The Balaban J connectivity index is 2.28. The van der Waals surface area contributed by atoms with E-state index in [0.29, 0.717) is 11.6 Å². The summed E-state index contributed by atoms with van der Waals surface area (Å²) in [6, 6.07) is 8.04. The second-order valence-corrected chi connectivity index (χ2v) is 6.39. The highest BCUT2D eigenvalue weighted by atomic mass is 16.5. The van der Waals surface area contributed by atoms with Gasteiger partial charge in [0.1, 0.15) is 5.75 Å². The third kappa shape index (κ3) is 3.70. The Morgan fingerprint density at radius 2 is 1.92 bits per heavy atom. The highest BCUT2D eigenvalue weighted by Gasteiger charge is 2.25. The molecule has 2 aromatic rings. The van der Waals surface area contributed by atoms with E-state index >= 15 is 0 Å². The minimum Gasteiger partial charge on any atom is -0.496 e. The normalized spacial score (nSPS) is 12.3. The fourth-order valence-electron chi connectivity index (χ4n) is 3.22. The van der Waals surface area contributed by atoms with Crippen LogP contribution in [-0.4, -0.2) is 34.7 Å². The standard InChI is InChI=1S/C20H29N3O2/c1-7-16(8-2)23-15(4)18(13-21-23)20(24)22(5)14(3)17-11-9-10-12-19(17)25-6/h9-14,16H,7-8H2,1-6H3/t14-/m0/s1. The van der Waals surface area contributed by atoms with E-state index in [-0.39, 0.29) is 11.9 Å². The van der Waals surface area contributed by atoms with Crippen molar-refractivity contribution in [3.05, 3.63) is 47.3 Å². The Morgan fingerprint density at radius 3 is 2.52 bits per heavy atom. The molecule has 0 aliphatic rings. The SMILES string of the molecule is CCC(CC)n1ncc(C(=O)N(C)[C@@H](C)c2ccccc2OC)c1C. The van der Waals surface area contributed by atoms with Gasteiger partial charge >= 0.3 is 0 Å². The van der Waals surface area contributed by atoms with E-state index in [0.717, 1.165) is 29.8 Å². The molecule has 1 atom stereocenters. The maximum absolute atomic E-state index is 13.0. The minimum atomic E-state index is -0.0976. The van der Waals surface area contributed by atoms with Gasteiger partial charge in [-0.15, -0.1) is 0 Å². The number of rotatable bonds is 7. The predicted molar refractivity (Wildman–Crippen MR) is 100 cm³/mol. The average Bonchev–Trinajstić information content (AvgIpc) is 3.02. The molecule has 0 unspecified atom stereocenters. The molecule has 1 amide bonds. The smallest absolute Gasteiger partial charge is 0.257 e. The van der Waals surface area contributed by atoms with E-state index in [2.05, 4.69) is 18.9 Å². The van der Waals surface area contributed by atoms with Gasteiger partial charge in [0.25, 0.3) is 5.91 Å². The summed E-state index contributed by atoms with van der Waals surface area (Å²) < 4.78 is 7.42. The number of hydrogen-bond acceptors (Lipinski definition) is 3. The Hall–Kier alpha value is -2.30. The summed E-state index contributed by atoms with van der Waals surface area (Å²) in [5.41, 5.74) is 2.58. The molecule has 2 rings (SSSR count). The molecule has 0 aliphatic carbocycles. The number of amides is 1. The van der Waals surface area contributed by atoms with Crippen molar-refractivity contribution in [2.24, 2.45) is 0 Å². The first kappa shape index (κ1) is 19.0. The Labute approximate surface area is 150 Å². The molecule has 0 fully saturated rings. The Morgan fingerprint density at radius 1 is 1.28 bits per heavy atom. The van der Waals surface area contributed by atoms with Crippen molar-refractivity contribution in [3.63, 3.8) is 0 Å². The molecule has 1 aromatic heterocycles. The first-order chi connectivity index (χ1) is 12.0. The van der Waals surface area contributed by atoms with Gasteiger partial charge in [0.2, 0.25) is 0 Å². The summed E-state index contributed by atoms with van der Waals surface area (Å²) in [5.74, 6) is 0.771. The number of ether oxygens (including phenoxy) is 1. The first-order valence-corrected chi connectivity index (χ1v) is 8.90. The van der Waals surface area contributed by atoms with E-state index in [1.54, 1.807) is 18.2 Å². The van der Waals surface area contributed by atoms with Gasteiger partial charge in [0.15, 0.2) is 0 Å². The van der Waals surface area contributed by atoms with E-state index in [4.69, 9.17) is 4.74 Å². The second-order valence-electron chi connectivity index (χ2n) is 6.39. The Bertz CT molecular complexity index is 719. The maximum atomic E-state index is 13.0. The summed E-state index contributed by atoms with van der Waals surface area (Å²) in [6.07, 6.45) is 3.70. The van der Waals surface area contributed by atoms with Crippen LogP contribution in [0.15, 0.2) is 30.5 Å². The van der Waals surface area contributed by atoms with Crippen LogP contribution < -0.4 is 4.74 Å². The van der Waals surface area contributed by atoms with Crippen molar-refractivity contribution in [2.75, 3.05) is 14.2 Å². The third-order valence-electron chi connectivity index (χ3n) is 5.05. The molecule has 0 saturated heterocycles. The minimum absolute atomic E-state index is 0.0203. The molecule has 0 aliphatic heterocycles. The van der Waals surface area contributed by atoms with Gasteiger partial charge in [0, 0.05) is 18.3 Å². The van der Waals surface area contributed by atoms with Crippen molar-refractivity contribution in [3.8, 4) is 5.75 Å². The monoisotopic (exact) mass is 343 g/mol. The molecule has 1 aromatic carbocycles. The number of aromatic nitrogens is 2. The van der Waals surface area contributed by atoms with Gasteiger partial charge in [-0.2, -0.15) is 5.10 Å². The van der Waals surface area contributed by atoms with E-state index in [1.165, 1.54) is 0 Å². The number of hydrogen-bond donors (Lipinski definition) is 0. The van der Waals surface area contributed by atoms with Gasteiger partial charge in [0.05, 0.1) is 31.0 Å². The van der Waals surface area contributed by atoms with Gasteiger partial charge in [-0.1, -0.05) is 32.0 Å². The number of carbonyl (C=O) groups is 1. The van der Waals surface area contributed by atoms with Crippen LogP contribution in [0.1, 0.15) is 67.3 Å². The lowest BCUT2D eigenvalue weighted by atomic mass is 10.0. The lowest BCUT2D eigenvalue weighted by Crippen LogP contribution is -2.30. The molecular weight excluding hydrogens is 314 g/mol. The number of methoxy groups -OCH3 is 1. The molecule has 0 spiro atoms. The van der Waals surface area contributed by atoms with Crippen LogP contribution >= 0.6 is 0 Å². The van der Waals surface area contributed by atoms with Crippen molar-refractivity contribution < 1.29 is 9.53 Å². The van der Waals surface area contributed by atoms with E-state index < -0.39 is 0 Å². The fraction of sp³-hybridized carbons (Fsp3) is 0.500. The molecule has 5 heteroatoms. The Kier molecular flexibility index (Phi) is 6.23.